The SMILES string of the molecule is Cc1ccc(NC(=O)c2cccc(S(=O)(=O)N(C)C3CCCCC3)c2)cc1F. The van der Waals surface area contributed by atoms with E-state index in [0.29, 0.717) is 11.3 Å². The zero-order valence-electron chi connectivity index (χ0n) is 16.1. The number of rotatable bonds is 5. The molecule has 2 aromatic rings. The van der Waals surface area contributed by atoms with E-state index in [1.807, 2.05) is 0 Å². The highest BCUT2D eigenvalue weighted by Crippen LogP contribution is 2.27. The molecule has 1 saturated carbocycles. The van der Waals surface area contributed by atoms with Crippen LogP contribution in [0.5, 0.6) is 0 Å². The Labute approximate surface area is 165 Å². The van der Waals surface area contributed by atoms with E-state index in [1.54, 1.807) is 38.2 Å². The lowest BCUT2D eigenvalue weighted by Crippen LogP contribution is -2.38. The molecule has 150 valence electrons. The van der Waals surface area contributed by atoms with Gasteiger partial charge < -0.3 is 5.32 Å². The molecule has 0 aromatic heterocycles. The van der Waals surface area contributed by atoms with E-state index in [9.17, 15) is 17.6 Å². The number of carbonyl (C=O) groups is 1. The minimum atomic E-state index is -3.69. The lowest BCUT2D eigenvalue weighted by atomic mass is 9.96. The van der Waals surface area contributed by atoms with Gasteiger partial charge in [0.25, 0.3) is 5.91 Å². The van der Waals surface area contributed by atoms with Gasteiger partial charge in [-0.2, -0.15) is 4.31 Å². The van der Waals surface area contributed by atoms with E-state index in [2.05, 4.69) is 5.32 Å². The predicted octanol–water partition coefficient (Wildman–Crippen LogP) is 4.34. The summed E-state index contributed by atoms with van der Waals surface area (Å²) in [5, 5.41) is 2.61. The molecule has 5 nitrogen and oxygen atoms in total. The number of hydrogen-bond acceptors (Lipinski definition) is 3. The lowest BCUT2D eigenvalue weighted by Gasteiger charge is -2.30. The molecule has 28 heavy (non-hydrogen) atoms. The third-order valence-electron chi connectivity index (χ3n) is 5.29. The number of aryl methyl sites for hydroxylation is 1. The third kappa shape index (κ3) is 4.42. The molecule has 3 rings (SSSR count). The summed E-state index contributed by atoms with van der Waals surface area (Å²) in [5.74, 6) is -0.899. The summed E-state index contributed by atoms with van der Waals surface area (Å²) >= 11 is 0. The summed E-state index contributed by atoms with van der Waals surface area (Å²) in [6, 6.07) is 10.4. The number of carbonyl (C=O) groups excluding carboxylic acids is 1. The molecule has 7 heteroatoms. The molecule has 1 fully saturated rings. The molecular formula is C21H25FN2O3S. The van der Waals surface area contributed by atoms with E-state index in [-0.39, 0.29) is 16.5 Å². The Bertz CT molecular complexity index is 969. The van der Waals surface area contributed by atoms with Gasteiger partial charge in [-0.3, -0.25) is 4.79 Å². The topological polar surface area (TPSA) is 66.5 Å². The summed E-state index contributed by atoms with van der Waals surface area (Å²) in [6.07, 6.45) is 4.91. The van der Waals surface area contributed by atoms with Gasteiger partial charge in [0.15, 0.2) is 0 Å². The minimum Gasteiger partial charge on any atom is -0.322 e. The van der Waals surface area contributed by atoms with Crippen molar-refractivity contribution < 1.29 is 17.6 Å². The second kappa shape index (κ2) is 8.41. The normalized spacial score (nSPS) is 15.6. The van der Waals surface area contributed by atoms with Crippen LogP contribution < -0.4 is 5.32 Å². The second-order valence-corrected chi connectivity index (χ2v) is 9.26. The summed E-state index contributed by atoms with van der Waals surface area (Å²) in [4.78, 5) is 12.6. The molecule has 0 radical (unpaired) electrons. The Morgan fingerprint density at radius 3 is 2.50 bits per heavy atom. The summed E-state index contributed by atoms with van der Waals surface area (Å²) in [6.45, 7) is 1.64. The largest absolute Gasteiger partial charge is 0.322 e. The first-order chi connectivity index (χ1) is 13.3. The molecule has 0 aliphatic heterocycles. The maximum Gasteiger partial charge on any atom is 0.255 e. The molecule has 0 saturated heterocycles. The fourth-order valence-electron chi connectivity index (χ4n) is 3.48. The number of benzene rings is 2. The van der Waals surface area contributed by atoms with Gasteiger partial charge in [0.2, 0.25) is 10.0 Å². The highest BCUT2D eigenvalue weighted by molar-refractivity contribution is 7.89. The third-order valence-corrected chi connectivity index (χ3v) is 7.20. The first-order valence-electron chi connectivity index (χ1n) is 9.44. The van der Waals surface area contributed by atoms with Gasteiger partial charge in [-0.05, 0) is 55.7 Å². The molecule has 1 aliphatic rings. The van der Waals surface area contributed by atoms with E-state index < -0.39 is 21.7 Å². The molecular weight excluding hydrogens is 379 g/mol. The number of hydrogen-bond donors (Lipinski definition) is 1. The van der Waals surface area contributed by atoms with Crippen LogP contribution in [-0.4, -0.2) is 31.7 Å². The number of halogens is 1. The van der Waals surface area contributed by atoms with Gasteiger partial charge in [0.1, 0.15) is 5.82 Å². The van der Waals surface area contributed by atoms with Gasteiger partial charge in [-0.25, -0.2) is 12.8 Å². The predicted molar refractivity (Wildman–Crippen MR) is 107 cm³/mol. The highest BCUT2D eigenvalue weighted by atomic mass is 32.2. The van der Waals surface area contributed by atoms with E-state index in [0.717, 1.165) is 32.1 Å². The molecule has 1 N–H and O–H groups in total. The van der Waals surface area contributed by atoms with Gasteiger partial charge in [-0.1, -0.05) is 31.4 Å². The Kier molecular flexibility index (Phi) is 6.15. The van der Waals surface area contributed by atoms with Crippen LogP contribution in [0.25, 0.3) is 0 Å². The van der Waals surface area contributed by atoms with Crippen molar-refractivity contribution in [2.75, 3.05) is 12.4 Å². The van der Waals surface area contributed by atoms with Crippen molar-refractivity contribution in [1.29, 1.82) is 0 Å². The van der Waals surface area contributed by atoms with Crippen molar-refractivity contribution in [3.63, 3.8) is 0 Å². The maximum absolute atomic E-state index is 13.7. The zero-order chi connectivity index (χ0) is 20.3. The van der Waals surface area contributed by atoms with Crippen molar-refractivity contribution in [3.05, 3.63) is 59.4 Å². The van der Waals surface area contributed by atoms with Crippen LogP contribution in [0.15, 0.2) is 47.4 Å². The zero-order valence-corrected chi connectivity index (χ0v) is 16.9. The first-order valence-corrected chi connectivity index (χ1v) is 10.9. The van der Waals surface area contributed by atoms with Gasteiger partial charge in [-0.15, -0.1) is 0 Å². The van der Waals surface area contributed by atoms with E-state index >= 15 is 0 Å². The molecule has 1 amide bonds. The van der Waals surface area contributed by atoms with Gasteiger partial charge in [0.05, 0.1) is 4.90 Å². The smallest absolute Gasteiger partial charge is 0.255 e. The fourth-order valence-corrected chi connectivity index (χ4v) is 4.94. The fraction of sp³-hybridized carbons (Fsp3) is 0.381. The molecule has 2 aromatic carbocycles. The summed E-state index contributed by atoms with van der Waals surface area (Å²) in [7, 11) is -2.08. The number of nitrogens with zero attached hydrogens (tertiary/aromatic N) is 1. The average Bonchev–Trinajstić information content (AvgIpc) is 2.71. The van der Waals surface area contributed by atoms with Crippen LogP contribution >= 0.6 is 0 Å². The standard InChI is InChI=1S/C21H25FN2O3S/c1-15-11-12-17(14-20(15)22)23-21(25)16-7-6-10-19(13-16)28(26,27)24(2)18-8-4-3-5-9-18/h6-7,10-14,18H,3-5,8-9H2,1-2H3,(H,23,25). The molecule has 0 unspecified atom stereocenters. The number of anilines is 1. The Balaban J connectivity index is 1.80. The van der Waals surface area contributed by atoms with Crippen LogP contribution in [0, 0.1) is 12.7 Å². The number of amides is 1. The van der Waals surface area contributed by atoms with Crippen molar-refractivity contribution in [1.82, 2.24) is 4.31 Å². The van der Waals surface area contributed by atoms with Crippen LogP contribution in [0.3, 0.4) is 0 Å². The van der Waals surface area contributed by atoms with Crippen LogP contribution in [0.2, 0.25) is 0 Å². The van der Waals surface area contributed by atoms with Crippen molar-refractivity contribution in [3.8, 4) is 0 Å². The Morgan fingerprint density at radius 2 is 1.82 bits per heavy atom. The first kappa shape index (κ1) is 20.5. The van der Waals surface area contributed by atoms with Crippen LogP contribution in [-0.2, 0) is 10.0 Å². The van der Waals surface area contributed by atoms with Crippen LogP contribution in [0.4, 0.5) is 10.1 Å². The molecule has 0 heterocycles. The van der Waals surface area contributed by atoms with Crippen molar-refractivity contribution in [2.24, 2.45) is 0 Å². The Morgan fingerprint density at radius 1 is 1.11 bits per heavy atom. The van der Waals surface area contributed by atoms with E-state index in [4.69, 9.17) is 0 Å². The van der Waals surface area contributed by atoms with Gasteiger partial charge >= 0.3 is 0 Å². The second-order valence-electron chi connectivity index (χ2n) is 7.26. The number of nitrogens with one attached hydrogen (secondary N) is 1. The van der Waals surface area contributed by atoms with Crippen LogP contribution in [0.1, 0.15) is 48.0 Å². The highest BCUT2D eigenvalue weighted by Gasteiger charge is 2.29. The van der Waals surface area contributed by atoms with Crippen molar-refractivity contribution in [2.45, 2.75) is 50.0 Å². The summed E-state index contributed by atoms with van der Waals surface area (Å²) in [5.41, 5.74) is 1.01. The number of sulfonamides is 1. The summed E-state index contributed by atoms with van der Waals surface area (Å²) < 4.78 is 41.1. The minimum absolute atomic E-state index is 0.00762. The molecule has 1 aliphatic carbocycles. The monoisotopic (exact) mass is 404 g/mol. The quantitative estimate of drug-likeness (QED) is 0.806. The Hall–Kier alpha value is -2.25. The van der Waals surface area contributed by atoms with Crippen molar-refractivity contribution >= 4 is 21.6 Å². The molecule has 0 spiro atoms. The van der Waals surface area contributed by atoms with Gasteiger partial charge in [0, 0.05) is 24.3 Å². The maximum atomic E-state index is 13.7. The molecule has 0 atom stereocenters. The average molecular weight is 405 g/mol. The molecule has 0 bridgehead atoms. The van der Waals surface area contributed by atoms with E-state index in [1.165, 1.54) is 22.5 Å². The lowest BCUT2D eigenvalue weighted by molar-refractivity contribution is 0.102.